The van der Waals surface area contributed by atoms with Crippen LogP contribution in [-0.4, -0.2) is 77.4 Å². The summed E-state index contributed by atoms with van der Waals surface area (Å²) in [5.74, 6) is 0.0917. The third-order valence-electron chi connectivity index (χ3n) is 8.47. The Morgan fingerprint density at radius 2 is 1.98 bits per heavy atom. The van der Waals surface area contributed by atoms with E-state index in [1.54, 1.807) is 55.5 Å². The van der Waals surface area contributed by atoms with Crippen LogP contribution in [0.4, 0.5) is 4.79 Å². The third-order valence-corrected chi connectivity index (χ3v) is 10.2. The summed E-state index contributed by atoms with van der Waals surface area (Å²) in [4.78, 5) is 23.7. The van der Waals surface area contributed by atoms with E-state index in [1.807, 2.05) is 36.4 Å². The number of thiol groups is 1. The molecule has 4 aromatic rings. The summed E-state index contributed by atoms with van der Waals surface area (Å²) >= 11 is 13.6. The Bertz CT molecular complexity index is 1830. The highest BCUT2D eigenvalue weighted by Gasteiger charge is 2.77. The number of hydrogen-bond acceptors (Lipinski definition) is 14. The molecular formula is C32H34ClN7O7S2. The number of thioether (sulfide) groups is 1. The van der Waals surface area contributed by atoms with E-state index in [2.05, 4.69) is 20.3 Å². The standard InChI is InChI=1S/C32H34ClN7O7S2/c1-29(2,3)47-28(41)40-22(17-49-27(40)34)21-16-39(38-37-21)31(20-11-8-12-35-15-20)24-30(33,18-44-23(45-24)19-9-6-5-7-10-19)46-26(48)32(31,42-4)25-36-13-14-43-25/h5-17,23-24,26-27,48H,18,34H2,1-4H3/t23?,24-,26+,27?,30-,31?,32-/m0/s1. The lowest BCUT2D eigenvalue weighted by atomic mass is 9.67. The number of hydrogen-bond donors (Lipinski definition) is 2. The van der Waals surface area contributed by atoms with Crippen LogP contribution in [0.5, 0.6) is 0 Å². The van der Waals surface area contributed by atoms with Gasteiger partial charge in [-0.2, -0.15) is 0 Å². The number of aromatic nitrogens is 5. The number of benzene rings is 1. The van der Waals surface area contributed by atoms with E-state index in [4.69, 9.17) is 58.1 Å². The van der Waals surface area contributed by atoms with Crippen molar-refractivity contribution in [2.75, 3.05) is 13.7 Å². The van der Waals surface area contributed by atoms with Crippen molar-refractivity contribution >= 4 is 47.8 Å². The molecule has 7 rings (SSSR count). The van der Waals surface area contributed by atoms with Crippen LogP contribution >= 0.6 is 36.0 Å². The summed E-state index contributed by atoms with van der Waals surface area (Å²) < 4.78 is 39.2. The minimum absolute atomic E-state index is 0.0917. The Hall–Kier alpha value is -3.48. The third kappa shape index (κ3) is 5.45. The van der Waals surface area contributed by atoms with Gasteiger partial charge < -0.3 is 33.8 Å². The zero-order valence-corrected chi connectivity index (χ0v) is 29.3. The highest BCUT2D eigenvalue weighted by atomic mass is 35.5. The molecule has 1 aromatic carbocycles. The molecule has 17 heteroatoms. The number of carbonyl (C=O) groups excluding carboxylic acids is 1. The van der Waals surface area contributed by atoms with Crippen molar-refractivity contribution in [2.24, 2.45) is 5.73 Å². The highest BCUT2D eigenvalue weighted by Crippen LogP contribution is 2.61. The normalized spacial score (nSPS) is 31.7. The Morgan fingerprint density at radius 3 is 2.65 bits per heavy atom. The molecule has 0 aliphatic carbocycles. The molecule has 14 nitrogen and oxygen atoms in total. The first-order chi connectivity index (χ1) is 23.4. The minimum atomic E-state index is -1.74. The molecule has 7 atom stereocenters. The van der Waals surface area contributed by atoms with Gasteiger partial charge in [-0.1, -0.05) is 65.0 Å². The number of halogens is 1. The monoisotopic (exact) mass is 727 g/mol. The molecule has 0 radical (unpaired) electrons. The number of pyridine rings is 1. The van der Waals surface area contributed by atoms with Crippen LogP contribution in [0.2, 0.25) is 0 Å². The number of ether oxygens (including phenoxy) is 5. The van der Waals surface area contributed by atoms with Crippen molar-refractivity contribution in [3.63, 3.8) is 0 Å². The Labute approximate surface area is 296 Å². The Kier molecular flexibility index (Phi) is 8.80. The zero-order chi connectivity index (χ0) is 34.6. The summed E-state index contributed by atoms with van der Waals surface area (Å²) in [7, 11) is 1.48. The van der Waals surface area contributed by atoms with E-state index in [1.165, 1.54) is 36.2 Å². The first-order valence-electron chi connectivity index (χ1n) is 15.2. The fourth-order valence-corrected chi connectivity index (χ4v) is 8.36. The smallest absolute Gasteiger partial charge is 0.416 e. The van der Waals surface area contributed by atoms with E-state index >= 15 is 0 Å². The molecule has 6 heterocycles. The molecule has 2 N–H and O–H groups in total. The summed E-state index contributed by atoms with van der Waals surface area (Å²) in [5, 5.41) is 9.30. The zero-order valence-electron chi connectivity index (χ0n) is 26.9. The SMILES string of the molecule is CO[C@@]1(c2ncco2)[C@@H](S)O[C@@]2(Cl)COC(c3ccccc3)O[C@@H]2C1(c1cccnc1)n1cc(C2=CSC(N)N2C(=O)OC(C)(C)C)nn1. The van der Waals surface area contributed by atoms with Gasteiger partial charge in [0.05, 0.1) is 24.7 Å². The fourth-order valence-electron chi connectivity index (χ4n) is 6.51. The van der Waals surface area contributed by atoms with Gasteiger partial charge in [0, 0.05) is 36.0 Å². The number of nitrogens with two attached hydrogens (primary N) is 1. The van der Waals surface area contributed by atoms with Crippen molar-refractivity contribution in [3.05, 3.63) is 102 Å². The number of methoxy groups -OCH3 is 1. The predicted molar refractivity (Wildman–Crippen MR) is 181 cm³/mol. The quantitative estimate of drug-likeness (QED) is 0.206. The molecule has 0 bridgehead atoms. The molecule has 2 saturated heterocycles. The van der Waals surface area contributed by atoms with Crippen LogP contribution < -0.4 is 5.73 Å². The number of nitrogens with zero attached hydrogens (tertiary/aromatic N) is 6. The molecule has 3 aromatic heterocycles. The molecule has 49 heavy (non-hydrogen) atoms. The summed E-state index contributed by atoms with van der Waals surface area (Å²) in [6, 6.07) is 13.0. The van der Waals surface area contributed by atoms with Crippen molar-refractivity contribution in [3.8, 4) is 0 Å². The van der Waals surface area contributed by atoms with E-state index in [0.29, 0.717) is 17.0 Å². The van der Waals surface area contributed by atoms with Gasteiger partial charge in [-0.15, -0.1) is 17.7 Å². The molecule has 258 valence electrons. The molecule has 3 aliphatic rings. The lowest BCUT2D eigenvalue weighted by Crippen LogP contribution is -2.77. The van der Waals surface area contributed by atoms with Gasteiger partial charge in [0.25, 0.3) is 0 Å². The fraction of sp³-hybridized carbons (Fsp3) is 0.406. The van der Waals surface area contributed by atoms with Gasteiger partial charge in [0.1, 0.15) is 34.6 Å². The van der Waals surface area contributed by atoms with Crippen LogP contribution in [0, 0.1) is 0 Å². The minimum Gasteiger partial charge on any atom is -0.446 e. The molecular weight excluding hydrogens is 694 g/mol. The molecule has 3 aliphatic heterocycles. The maximum atomic E-state index is 13.4. The topological polar surface area (TPSA) is 162 Å². The van der Waals surface area contributed by atoms with E-state index in [0.717, 1.165) is 5.56 Å². The predicted octanol–water partition coefficient (Wildman–Crippen LogP) is 4.81. The van der Waals surface area contributed by atoms with Gasteiger partial charge in [-0.25, -0.2) is 19.4 Å². The van der Waals surface area contributed by atoms with Gasteiger partial charge in [0.2, 0.25) is 11.5 Å². The van der Waals surface area contributed by atoms with Crippen LogP contribution in [0.3, 0.4) is 0 Å². The summed E-state index contributed by atoms with van der Waals surface area (Å²) in [6.07, 6.45) is 5.13. The van der Waals surface area contributed by atoms with Crippen molar-refractivity contribution in [1.29, 1.82) is 0 Å². The molecule has 0 spiro atoms. The maximum absolute atomic E-state index is 13.4. The summed E-state index contributed by atoms with van der Waals surface area (Å²) in [5.41, 5.74) is 2.19. The molecule has 3 unspecified atom stereocenters. The van der Waals surface area contributed by atoms with Crippen molar-refractivity contribution in [2.45, 2.75) is 65.9 Å². The Balaban J connectivity index is 1.47. The van der Waals surface area contributed by atoms with E-state index in [9.17, 15) is 4.79 Å². The molecule has 2 fully saturated rings. The first-order valence-corrected chi connectivity index (χ1v) is 17.1. The van der Waals surface area contributed by atoms with Crippen LogP contribution in [0.25, 0.3) is 5.70 Å². The van der Waals surface area contributed by atoms with Crippen molar-refractivity contribution < 1.29 is 32.9 Å². The van der Waals surface area contributed by atoms with Gasteiger partial charge in [-0.3, -0.25) is 4.98 Å². The lowest BCUT2D eigenvalue weighted by molar-refractivity contribution is -0.364. The first kappa shape index (κ1) is 34.0. The number of rotatable bonds is 6. The second-order valence-corrected chi connectivity index (χ2v) is 14.6. The van der Waals surface area contributed by atoms with E-state index < -0.39 is 51.2 Å². The second kappa shape index (κ2) is 12.7. The van der Waals surface area contributed by atoms with Crippen molar-refractivity contribution in [1.82, 2.24) is 29.9 Å². The van der Waals surface area contributed by atoms with Gasteiger partial charge >= 0.3 is 6.09 Å². The number of alkyl halides is 1. The van der Waals surface area contributed by atoms with Crippen LogP contribution in [0.1, 0.15) is 49.8 Å². The Morgan fingerprint density at radius 1 is 1.18 bits per heavy atom. The number of oxazole rings is 1. The van der Waals surface area contributed by atoms with Gasteiger partial charge in [0.15, 0.2) is 16.9 Å². The number of carbonyl (C=O) groups is 1. The number of amides is 1. The average Bonchev–Trinajstić information content (AvgIpc) is 3.86. The van der Waals surface area contributed by atoms with Crippen LogP contribution in [-0.2, 0) is 34.8 Å². The average molecular weight is 728 g/mol. The largest absolute Gasteiger partial charge is 0.446 e. The highest BCUT2D eigenvalue weighted by molar-refractivity contribution is 8.03. The molecule has 1 amide bonds. The lowest BCUT2D eigenvalue weighted by Gasteiger charge is -2.61. The molecule has 0 saturated carbocycles. The number of fused-ring (bicyclic) bond motifs is 1. The maximum Gasteiger partial charge on any atom is 0.416 e. The van der Waals surface area contributed by atoms with Crippen LogP contribution in [0.15, 0.2) is 83.3 Å². The van der Waals surface area contributed by atoms with Gasteiger partial charge in [-0.05, 0) is 26.8 Å². The second-order valence-electron chi connectivity index (χ2n) is 12.5. The summed E-state index contributed by atoms with van der Waals surface area (Å²) in [6.45, 7) is 5.21. The van der Waals surface area contributed by atoms with E-state index in [-0.39, 0.29) is 12.5 Å².